The van der Waals surface area contributed by atoms with Crippen molar-refractivity contribution in [3.8, 4) is 11.3 Å². The Balaban J connectivity index is 1.23. The van der Waals surface area contributed by atoms with Crippen LogP contribution >= 0.6 is 23.2 Å². The first-order valence-electron chi connectivity index (χ1n) is 11.7. The van der Waals surface area contributed by atoms with Gasteiger partial charge in [0, 0.05) is 17.4 Å². The summed E-state index contributed by atoms with van der Waals surface area (Å²) in [6, 6.07) is 25.0. The van der Waals surface area contributed by atoms with Crippen LogP contribution < -0.4 is 0 Å². The van der Waals surface area contributed by atoms with Gasteiger partial charge >= 0.3 is 0 Å². The standard InChI is InChI=1S/C29H18Cl2N2O3/c30-21-11-9-15(13-22(21)31)23-12-10-16(36-23)14-32-33-28(34)26-24-17-5-1-2-6-18(17)25(27(26)29(33)35)20-8-4-3-7-19(20)24/h1-14,24-27H/b32-14-/t24?,25?,26-,27-/m1/s1. The van der Waals surface area contributed by atoms with E-state index < -0.39 is 11.8 Å². The Bertz CT molecular complexity index is 1490. The number of carbonyl (C=O) groups is 2. The van der Waals surface area contributed by atoms with Gasteiger partial charge in [-0.15, -0.1) is 0 Å². The molecule has 0 N–H and O–H groups in total. The van der Waals surface area contributed by atoms with Crippen LogP contribution in [0, 0.1) is 11.8 Å². The zero-order valence-corrected chi connectivity index (χ0v) is 20.3. The molecule has 5 nitrogen and oxygen atoms in total. The molecule has 7 heteroatoms. The molecule has 36 heavy (non-hydrogen) atoms. The average Bonchev–Trinajstić information content (AvgIpc) is 3.47. The van der Waals surface area contributed by atoms with Crippen LogP contribution in [-0.2, 0) is 9.59 Å². The van der Waals surface area contributed by atoms with Gasteiger partial charge in [0.2, 0.25) is 0 Å². The zero-order valence-electron chi connectivity index (χ0n) is 18.8. The Morgan fingerprint density at radius 1 is 0.722 bits per heavy atom. The normalized spacial score (nSPS) is 23.8. The van der Waals surface area contributed by atoms with Crippen molar-refractivity contribution in [1.82, 2.24) is 5.01 Å². The lowest BCUT2D eigenvalue weighted by Crippen LogP contribution is -2.41. The van der Waals surface area contributed by atoms with Crippen molar-refractivity contribution in [3.05, 3.63) is 117 Å². The fraction of sp³-hybridized carbons (Fsp3) is 0.138. The summed E-state index contributed by atoms with van der Waals surface area (Å²) in [7, 11) is 0. The van der Waals surface area contributed by atoms with Crippen LogP contribution in [0.2, 0.25) is 10.0 Å². The lowest BCUT2D eigenvalue weighted by atomic mass is 9.55. The lowest BCUT2D eigenvalue weighted by Gasteiger charge is -2.45. The maximum absolute atomic E-state index is 13.6. The number of hydrazone groups is 1. The van der Waals surface area contributed by atoms with Crippen molar-refractivity contribution in [1.29, 1.82) is 0 Å². The summed E-state index contributed by atoms with van der Waals surface area (Å²) >= 11 is 12.1. The predicted molar refractivity (Wildman–Crippen MR) is 137 cm³/mol. The molecular weight excluding hydrogens is 495 g/mol. The van der Waals surface area contributed by atoms with Gasteiger partial charge in [0.1, 0.15) is 11.5 Å². The largest absolute Gasteiger partial charge is 0.455 e. The maximum Gasteiger partial charge on any atom is 0.254 e. The van der Waals surface area contributed by atoms with Crippen molar-refractivity contribution >= 4 is 41.2 Å². The van der Waals surface area contributed by atoms with Gasteiger partial charge in [0.05, 0.1) is 28.1 Å². The van der Waals surface area contributed by atoms with E-state index in [0.717, 1.165) is 32.8 Å². The molecule has 2 amide bonds. The van der Waals surface area contributed by atoms with Gasteiger partial charge in [0.15, 0.2) is 0 Å². The number of nitrogens with zero attached hydrogens (tertiary/aromatic N) is 2. The van der Waals surface area contributed by atoms with Crippen molar-refractivity contribution in [2.75, 3.05) is 0 Å². The Kier molecular flexibility index (Phi) is 4.75. The third kappa shape index (κ3) is 3.00. The van der Waals surface area contributed by atoms with Crippen LogP contribution in [0.15, 0.2) is 88.4 Å². The number of furan rings is 1. The number of imide groups is 1. The van der Waals surface area contributed by atoms with E-state index in [1.165, 1.54) is 6.21 Å². The quantitative estimate of drug-likeness (QED) is 0.233. The molecule has 2 bridgehead atoms. The smallest absolute Gasteiger partial charge is 0.254 e. The second kappa shape index (κ2) is 7.92. The molecule has 2 heterocycles. The van der Waals surface area contributed by atoms with Crippen LogP contribution in [0.5, 0.6) is 0 Å². The molecule has 4 aromatic rings. The molecule has 0 radical (unpaired) electrons. The summed E-state index contributed by atoms with van der Waals surface area (Å²) in [5.74, 6) is -0.788. The number of benzene rings is 3. The molecule has 3 aliphatic carbocycles. The van der Waals surface area contributed by atoms with Gasteiger partial charge in [0.25, 0.3) is 11.8 Å². The van der Waals surface area contributed by atoms with E-state index in [9.17, 15) is 9.59 Å². The molecule has 176 valence electrons. The summed E-state index contributed by atoms with van der Waals surface area (Å²) in [4.78, 5) is 27.2. The Morgan fingerprint density at radius 2 is 1.28 bits per heavy atom. The number of carbonyl (C=O) groups excluding carboxylic acids is 2. The average molecular weight is 513 g/mol. The van der Waals surface area contributed by atoms with Gasteiger partial charge in [-0.2, -0.15) is 10.1 Å². The van der Waals surface area contributed by atoms with Crippen LogP contribution in [0.3, 0.4) is 0 Å². The third-order valence-corrected chi connectivity index (χ3v) is 8.30. The Hall–Kier alpha value is -3.67. The van der Waals surface area contributed by atoms with Crippen molar-refractivity contribution in [3.63, 3.8) is 0 Å². The second-order valence-corrected chi connectivity index (χ2v) is 10.1. The first-order chi connectivity index (χ1) is 17.5. The van der Waals surface area contributed by atoms with Crippen molar-refractivity contribution in [2.45, 2.75) is 11.8 Å². The molecule has 1 aliphatic heterocycles. The molecule has 0 saturated carbocycles. The summed E-state index contributed by atoms with van der Waals surface area (Å²) in [6.45, 7) is 0. The summed E-state index contributed by atoms with van der Waals surface area (Å²) in [5.41, 5.74) is 5.28. The SMILES string of the molecule is O=C1[C@@H]2C3c4ccccc4C(c4ccccc43)[C@H]2C(=O)N1/N=C\c1ccc(-c2ccc(Cl)c(Cl)c2)o1. The summed E-state index contributed by atoms with van der Waals surface area (Å²) in [5, 5.41) is 6.23. The highest BCUT2D eigenvalue weighted by atomic mass is 35.5. The predicted octanol–water partition coefficient (Wildman–Crippen LogP) is 6.48. The van der Waals surface area contributed by atoms with E-state index in [-0.39, 0.29) is 23.7 Å². The summed E-state index contributed by atoms with van der Waals surface area (Å²) < 4.78 is 5.87. The highest BCUT2D eigenvalue weighted by molar-refractivity contribution is 6.42. The lowest BCUT2D eigenvalue weighted by molar-refractivity contribution is -0.139. The molecule has 1 fully saturated rings. The number of hydrogen-bond acceptors (Lipinski definition) is 4. The first-order valence-corrected chi connectivity index (χ1v) is 12.4. The Labute approximate surface area is 216 Å². The number of rotatable bonds is 3. The molecule has 0 unspecified atom stereocenters. The third-order valence-electron chi connectivity index (χ3n) is 7.56. The molecule has 3 aromatic carbocycles. The van der Waals surface area contributed by atoms with Crippen LogP contribution in [0.4, 0.5) is 0 Å². The minimum absolute atomic E-state index is 0.158. The first kappa shape index (κ1) is 21.6. The second-order valence-electron chi connectivity index (χ2n) is 9.33. The van der Waals surface area contributed by atoms with Crippen LogP contribution in [-0.4, -0.2) is 23.0 Å². The number of hydrogen-bond donors (Lipinski definition) is 0. The topological polar surface area (TPSA) is 62.9 Å². The molecule has 1 aromatic heterocycles. The molecular formula is C29H18Cl2N2O3. The fourth-order valence-corrected chi connectivity index (χ4v) is 6.41. The van der Waals surface area contributed by atoms with Crippen LogP contribution in [0.1, 0.15) is 39.8 Å². The van der Waals surface area contributed by atoms with E-state index >= 15 is 0 Å². The highest BCUT2D eigenvalue weighted by Crippen LogP contribution is 2.60. The molecule has 8 rings (SSSR count). The van der Waals surface area contributed by atoms with E-state index in [1.807, 2.05) is 24.3 Å². The van der Waals surface area contributed by atoms with Gasteiger partial charge in [-0.3, -0.25) is 9.59 Å². The molecule has 1 saturated heterocycles. The zero-order chi connectivity index (χ0) is 24.6. The van der Waals surface area contributed by atoms with Crippen molar-refractivity contribution in [2.24, 2.45) is 16.9 Å². The van der Waals surface area contributed by atoms with Gasteiger partial charge in [-0.05, 0) is 52.6 Å². The van der Waals surface area contributed by atoms with E-state index in [4.69, 9.17) is 27.6 Å². The number of halogens is 2. The van der Waals surface area contributed by atoms with Crippen LogP contribution in [0.25, 0.3) is 11.3 Å². The monoisotopic (exact) mass is 512 g/mol. The Morgan fingerprint density at radius 3 is 1.81 bits per heavy atom. The maximum atomic E-state index is 13.6. The van der Waals surface area contributed by atoms with E-state index in [2.05, 4.69) is 29.4 Å². The van der Waals surface area contributed by atoms with Gasteiger partial charge in [-0.1, -0.05) is 71.7 Å². The highest BCUT2D eigenvalue weighted by Gasteiger charge is 2.61. The summed E-state index contributed by atoms with van der Waals surface area (Å²) in [6.07, 6.45) is 1.41. The molecule has 4 aliphatic rings. The van der Waals surface area contributed by atoms with E-state index in [0.29, 0.717) is 21.6 Å². The molecule has 2 atom stereocenters. The minimum atomic E-state index is -0.465. The van der Waals surface area contributed by atoms with Gasteiger partial charge < -0.3 is 4.42 Å². The fourth-order valence-electron chi connectivity index (χ4n) is 6.12. The minimum Gasteiger partial charge on any atom is -0.455 e. The van der Waals surface area contributed by atoms with E-state index in [1.54, 1.807) is 30.3 Å². The van der Waals surface area contributed by atoms with Gasteiger partial charge in [-0.25, -0.2) is 0 Å². The molecule has 0 spiro atoms. The van der Waals surface area contributed by atoms with Crippen molar-refractivity contribution < 1.29 is 14.0 Å². The number of amides is 2.